The summed E-state index contributed by atoms with van der Waals surface area (Å²) in [5.41, 5.74) is 1.07. The van der Waals surface area contributed by atoms with Gasteiger partial charge in [-0.2, -0.15) is 0 Å². The predicted molar refractivity (Wildman–Crippen MR) is 94.9 cm³/mol. The van der Waals surface area contributed by atoms with Crippen molar-refractivity contribution in [3.8, 4) is 5.75 Å². The summed E-state index contributed by atoms with van der Waals surface area (Å²) in [7, 11) is 1.64. The lowest BCUT2D eigenvalue weighted by Crippen LogP contribution is -2.68. The zero-order chi connectivity index (χ0) is 18.1. The maximum atomic E-state index is 12.7. The van der Waals surface area contributed by atoms with Crippen molar-refractivity contribution in [2.24, 2.45) is 5.92 Å². The molecule has 3 heterocycles. The highest BCUT2D eigenvalue weighted by atomic mass is 16.5. The Balaban J connectivity index is 1.60. The van der Waals surface area contributed by atoms with E-state index in [9.17, 15) is 9.59 Å². The Labute approximate surface area is 153 Å². The van der Waals surface area contributed by atoms with Crippen molar-refractivity contribution in [2.45, 2.75) is 37.5 Å². The van der Waals surface area contributed by atoms with E-state index in [1.54, 1.807) is 12.0 Å². The molecular formula is C19H25N3O4. The van der Waals surface area contributed by atoms with E-state index in [0.717, 1.165) is 43.7 Å². The van der Waals surface area contributed by atoms with Gasteiger partial charge in [0, 0.05) is 12.5 Å². The normalized spacial score (nSPS) is 31.5. The number of nitrogens with zero attached hydrogens (tertiary/aromatic N) is 1. The van der Waals surface area contributed by atoms with Gasteiger partial charge in [0.15, 0.2) is 0 Å². The van der Waals surface area contributed by atoms with Crippen molar-refractivity contribution in [1.82, 2.24) is 15.5 Å². The van der Waals surface area contributed by atoms with Gasteiger partial charge in [-0.05, 0) is 43.5 Å². The fourth-order valence-electron chi connectivity index (χ4n) is 4.38. The second-order valence-corrected chi connectivity index (χ2v) is 7.18. The smallest absolute Gasteiger partial charge is 0.325 e. The molecule has 7 heteroatoms. The minimum absolute atomic E-state index is 0.0384. The van der Waals surface area contributed by atoms with Crippen molar-refractivity contribution in [2.75, 3.05) is 26.8 Å². The number of amides is 3. The van der Waals surface area contributed by atoms with Gasteiger partial charge in [-0.1, -0.05) is 12.1 Å². The minimum atomic E-state index is -0.328. The van der Waals surface area contributed by atoms with Crippen molar-refractivity contribution in [1.29, 1.82) is 0 Å². The van der Waals surface area contributed by atoms with Crippen LogP contribution in [-0.4, -0.2) is 55.9 Å². The van der Waals surface area contributed by atoms with Gasteiger partial charge in [-0.15, -0.1) is 0 Å². The number of imide groups is 1. The molecule has 2 N–H and O–H groups in total. The van der Waals surface area contributed by atoms with Crippen LogP contribution in [0.15, 0.2) is 24.3 Å². The first-order valence-corrected chi connectivity index (χ1v) is 9.28. The van der Waals surface area contributed by atoms with E-state index in [1.165, 1.54) is 0 Å². The molecule has 4 atom stereocenters. The molecule has 26 heavy (non-hydrogen) atoms. The van der Waals surface area contributed by atoms with Crippen LogP contribution in [0.2, 0.25) is 0 Å². The van der Waals surface area contributed by atoms with E-state index in [-0.39, 0.29) is 36.0 Å². The first-order chi connectivity index (χ1) is 12.7. The zero-order valence-electron chi connectivity index (χ0n) is 14.9. The molecule has 0 spiro atoms. The van der Waals surface area contributed by atoms with Crippen LogP contribution >= 0.6 is 0 Å². The fraction of sp³-hybridized carbons (Fsp3) is 0.579. The van der Waals surface area contributed by atoms with Crippen LogP contribution in [0.4, 0.5) is 4.79 Å². The Morgan fingerprint density at radius 3 is 2.96 bits per heavy atom. The molecule has 3 saturated heterocycles. The molecule has 7 nitrogen and oxygen atoms in total. The molecule has 3 fully saturated rings. The van der Waals surface area contributed by atoms with Gasteiger partial charge >= 0.3 is 6.03 Å². The number of rotatable bonds is 4. The number of carbonyl (C=O) groups is 2. The van der Waals surface area contributed by atoms with Crippen molar-refractivity contribution < 1.29 is 19.1 Å². The van der Waals surface area contributed by atoms with Gasteiger partial charge in [-0.3, -0.25) is 15.4 Å². The van der Waals surface area contributed by atoms with Gasteiger partial charge in [0.1, 0.15) is 5.75 Å². The van der Waals surface area contributed by atoms with Gasteiger partial charge in [0.2, 0.25) is 5.91 Å². The fourth-order valence-corrected chi connectivity index (χ4v) is 4.38. The Hall–Kier alpha value is -2.12. The third kappa shape index (κ3) is 3.17. The monoisotopic (exact) mass is 359 g/mol. The molecule has 3 aliphatic rings. The number of piperidine rings is 1. The maximum Gasteiger partial charge on any atom is 0.325 e. The average Bonchev–Trinajstić information content (AvgIpc) is 3.18. The number of benzene rings is 1. The van der Waals surface area contributed by atoms with E-state index in [2.05, 4.69) is 10.6 Å². The number of urea groups is 1. The molecule has 3 amide bonds. The summed E-state index contributed by atoms with van der Waals surface area (Å²) in [6.07, 6.45) is 2.56. The van der Waals surface area contributed by atoms with Gasteiger partial charge in [-0.25, -0.2) is 4.79 Å². The summed E-state index contributed by atoms with van der Waals surface area (Å²) in [4.78, 5) is 26.9. The summed E-state index contributed by atoms with van der Waals surface area (Å²) in [6, 6.07) is 7.54. The number of nitrogens with one attached hydrogen (secondary N) is 2. The molecule has 0 saturated carbocycles. The summed E-state index contributed by atoms with van der Waals surface area (Å²) in [6.45, 7) is 2.01. The SMILES string of the molecule is COc1cccc(C2CCNC3C2C(=O)NC(=O)N3CC2CCCO2)c1. The molecule has 1 aromatic rings. The van der Waals surface area contributed by atoms with Crippen molar-refractivity contribution in [3.63, 3.8) is 0 Å². The second-order valence-electron chi connectivity index (χ2n) is 7.18. The largest absolute Gasteiger partial charge is 0.497 e. The highest BCUT2D eigenvalue weighted by Gasteiger charge is 2.48. The first kappa shape index (κ1) is 17.3. The van der Waals surface area contributed by atoms with E-state index < -0.39 is 0 Å². The van der Waals surface area contributed by atoms with Crippen molar-refractivity contribution >= 4 is 11.9 Å². The molecule has 0 bridgehead atoms. The number of carbonyl (C=O) groups excluding carboxylic acids is 2. The lowest BCUT2D eigenvalue weighted by Gasteiger charge is -2.47. The molecule has 4 rings (SSSR count). The van der Waals surface area contributed by atoms with Crippen LogP contribution < -0.4 is 15.4 Å². The average molecular weight is 359 g/mol. The maximum absolute atomic E-state index is 12.7. The lowest BCUT2D eigenvalue weighted by molar-refractivity contribution is -0.131. The van der Waals surface area contributed by atoms with Crippen LogP contribution in [0.3, 0.4) is 0 Å². The number of methoxy groups -OCH3 is 1. The Kier molecular flexibility index (Phi) is 4.82. The van der Waals surface area contributed by atoms with E-state index in [4.69, 9.17) is 9.47 Å². The van der Waals surface area contributed by atoms with E-state index >= 15 is 0 Å². The molecule has 0 radical (unpaired) electrons. The second kappa shape index (κ2) is 7.25. The minimum Gasteiger partial charge on any atom is -0.497 e. The molecule has 0 aliphatic carbocycles. The van der Waals surface area contributed by atoms with Crippen LogP contribution in [0.1, 0.15) is 30.7 Å². The van der Waals surface area contributed by atoms with Crippen LogP contribution in [0.5, 0.6) is 5.75 Å². The third-order valence-corrected chi connectivity index (χ3v) is 5.66. The number of hydrogen-bond acceptors (Lipinski definition) is 5. The molecule has 4 unspecified atom stereocenters. The third-order valence-electron chi connectivity index (χ3n) is 5.66. The van der Waals surface area contributed by atoms with Gasteiger partial charge < -0.3 is 14.4 Å². The quantitative estimate of drug-likeness (QED) is 0.851. The Morgan fingerprint density at radius 2 is 2.19 bits per heavy atom. The highest BCUT2D eigenvalue weighted by Crippen LogP contribution is 2.37. The zero-order valence-corrected chi connectivity index (χ0v) is 14.9. The Bertz CT molecular complexity index is 689. The van der Waals surface area contributed by atoms with E-state index in [0.29, 0.717) is 6.54 Å². The number of ether oxygens (including phenoxy) is 2. The number of fused-ring (bicyclic) bond motifs is 1. The molecule has 1 aromatic carbocycles. The predicted octanol–water partition coefficient (Wildman–Crippen LogP) is 1.45. The number of hydrogen-bond donors (Lipinski definition) is 2. The first-order valence-electron chi connectivity index (χ1n) is 9.28. The standard InChI is InChI=1S/C19H25N3O4/c1-25-13-5-2-4-12(10-13)15-7-8-20-17-16(15)18(23)21-19(24)22(17)11-14-6-3-9-26-14/h2,4-5,10,14-17,20H,3,6-9,11H2,1H3,(H,21,23,24). The molecule has 3 aliphatic heterocycles. The van der Waals surface area contributed by atoms with Crippen molar-refractivity contribution in [3.05, 3.63) is 29.8 Å². The van der Waals surface area contributed by atoms with Crippen LogP contribution in [0, 0.1) is 5.92 Å². The summed E-state index contributed by atoms with van der Waals surface area (Å²) in [5.74, 6) is 0.288. The lowest BCUT2D eigenvalue weighted by atomic mass is 9.77. The van der Waals surface area contributed by atoms with Gasteiger partial charge in [0.25, 0.3) is 0 Å². The van der Waals surface area contributed by atoms with Gasteiger partial charge in [0.05, 0.1) is 31.8 Å². The van der Waals surface area contributed by atoms with Crippen LogP contribution in [-0.2, 0) is 9.53 Å². The highest BCUT2D eigenvalue weighted by molar-refractivity contribution is 5.99. The molecular weight excluding hydrogens is 334 g/mol. The van der Waals surface area contributed by atoms with E-state index in [1.807, 2.05) is 24.3 Å². The summed E-state index contributed by atoms with van der Waals surface area (Å²) < 4.78 is 11.0. The molecule has 0 aromatic heterocycles. The topological polar surface area (TPSA) is 79.9 Å². The van der Waals surface area contributed by atoms with Crippen LogP contribution in [0.25, 0.3) is 0 Å². The Morgan fingerprint density at radius 1 is 1.31 bits per heavy atom. The summed E-state index contributed by atoms with van der Waals surface area (Å²) >= 11 is 0. The molecule has 140 valence electrons. The summed E-state index contributed by atoms with van der Waals surface area (Å²) in [5, 5.41) is 5.94.